The molecule has 10 heavy (non-hydrogen) atoms. The summed E-state index contributed by atoms with van der Waals surface area (Å²) in [6.45, 7) is 4.80. The standard InChI is InChI=1S/C8H14O2/c1-7(2)8(6-9)4-3-5-10-8/h6-7H,3-5H2,1-2H3. The van der Waals surface area contributed by atoms with Crippen LogP contribution in [0.25, 0.3) is 0 Å². The smallest absolute Gasteiger partial charge is 0.152 e. The second-order valence-corrected chi connectivity index (χ2v) is 3.18. The van der Waals surface area contributed by atoms with Crippen molar-refractivity contribution in [3.05, 3.63) is 0 Å². The molecule has 0 bridgehead atoms. The van der Waals surface area contributed by atoms with Gasteiger partial charge in [-0.25, -0.2) is 0 Å². The Balaban J connectivity index is 2.67. The van der Waals surface area contributed by atoms with Crippen LogP contribution in [0, 0.1) is 5.92 Å². The largest absolute Gasteiger partial charge is 0.367 e. The molecule has 1 aliphatic heterocycles. The van der Waals surface area contributed by atoms with Gasteiger partial charge in [0, 0.05) is 6.61 Å². The van der Waals surface area contributed by atoms with Gasteiger partial charge in [-0.15, -0.1) is 0 Å². The van der Waals surface area contributed by atoms with Gasteiger partial charge in [0.15, 0.2) is 6.29 Å². The normalized spacial score (nSPS) is 33.1. The van der Waals surface area contributed by atoms with Gasteiger partial charge in [-0.1, -0.05) is 13.8 Å². The number of hydrogen-bond donors (Lipinski definition) is 0. The zero-order valence-corrected chi connectivity index (χ0v) is 6.59. The summed E-state index contributed by atoms with van der Waals surface area (Å²) in [7, 11) is 0. The summed E-state index contributed by atoms with van der Waals surface area (Å²) in [5.41, 5.74) is -0.444. The van der Waals surface area contributed by atoms with E-state index in [1.54, 1.807) is 0 Å². The minimum atomic E-state index is -0.444. The molecule has 0 aromatic heterocycles. The third kappa shape index (κ3) is 1.08. The summed E-state index contributed by atoms with van der Waals surface area (Å²) >= 11 is 0. The van der Waals surface area contributed by atoms with E-state index in [2.05, 4.69) is 0 Å². The molecule has 0 aliphatic carbocycles. The van der Waals surface area contributed by atoms with Crippen LogP contribution in [0.2, 0.25) is 0 Å². The van der Waals surface area contributed by atoms with Crippen molar-refractivity contribution in [1.82, 2.24) is 0 Å². The van der Waals surface area contributed by atoms with Gasteiger partial charge in [0.1, 0.15) is 5.60 Å². The lowest BCUT2D eigenvalue weighted by atomic mass is 9.89. The molecule has 1 saturated heterocycles. The zero-order chi connectivity index (χ0) is 7.61. The van der Waals surface area contributed by atoms with Crippen molar-refractivity contribution in [3.63, 3.8) is 0 Å². The van der Waals surface area contributed by atoms with Crippen molar-refractivity contribution in [2.24, 2.45) is 5.92 Å². The van der Waals surface area contributed by atoms with Crippen LogP contribution in [0.3, 0.4) is 0 Å². The Hall–Kier alpha value is -0.370. The fraction of sp³-hybridized carbons (Fsp3) is 0.875. The number of carbonyl (C=O) groups excluding carboxylic acids is 1. The molecule has 0 N–H and O–H groups in total. The van der Waals surface area contributed by atoms with E-state index in [1.807, 2.05) is 13.8 Å². The minimum Gasteiger partial charge on any atom is -0.367 e. The van der Waals surface area contributed by atoms with Gasteiger partial charge < -0.3 is 9.53 Å². The van der Waals surface area contributed by atoms with E-state index >= 15 is 0 Å². The molecule has 1 heterocycles. The van der Waals surface area contributed by atoms with E-state index in [1.165, 1.54) is 0 Å². The quantitative estimate of drug-likeness (QED) is 0.544. The van der Waals surface area contributed by atoms with E-state index in [-0.39, 0.29) is 0 Å². The second kappa shape index (κ2) is 2.70. The molecule has 0 spiro atoms. The number of ether oxygens (including phenoxy) is 1. The molecule has 0 aromatic carbocycles. The van der Waals surface area contributed by atoms with Gasteiger partial charge in [-0.2, -0.15) is 0 Å². The van der Waals surface area contributed by atoms with Crippen LogP contribution in [0.1, 0.15) is 26.7 Å². The highest BCUT2D eigenvalue weighted by molar-refractivity contribution is 5.63. The van der Waals surface area contributed by atoms with Gasteiger partial charge in [0.25, 0.3) is 0 Å². The van der Waals surface area contributed by atoms with E-state index in [0.29, 0.717) is 5.92 Å². The van der Waals surface area contributed by atoms with Crippen molar-refractivity contribution in [2.75, 3.05) is 6.61 Å². The van der Waals surface area contributed by atoms with E-state index in [0.717, 1.165) is 25.7 Å². The fourth-order valence-electron chi connectivity index (χ4n) is 1.37. The zero-order valence-electron chi connectivity index (χ0n) is 6.59. The number of carbonyl (C=O) groups is 1. The second-order valence-electron chi connectivity index (χ2n) is 3.18. The Morgan fingerprint density at radius 2 is 2.30 bits per heavy atom. The highest BCUT2D eigenvalue weighted by atomic mass is 16.5. The lowest BCUT2D eigenvalue weighted by Gasteiger charge is -2.25. The van der Waals surface area contributed by atoms with Gasteiger partial charge in [-0.05, 0) is 18.8 Å². The van der Waals surface area contributed by atoms with Crippen LogP contribution < -0.4 is 0 Å². The maximum atomic E-state index is 10.6. The van der Waals surface area contributed by atoms with Crippen LogP contribution in [-0.4, -0.2) is 18.5 Å². The molecule has 0 aromatic rings. The van der Waals surface area contributed by atoms with Gasteiger partial charge in [0.2, 0.25) is 0 Å². The van der Waals surface area contributed by atoms with Crippen LogP contribution in [0.15, 0.2) is 0 Å². The SMILES string of the molecule is CC(C)C1(C=O)CCCO1. The number of rotatable bonds is 2. The first-order chi connectivity index (χ1) is 4.71. The van der Waals surface area contributed by atoms with Crippen LogP contribution >= 0.6 is 0 Å². The summed E-state index contributed by atoms with van der Waals surface area (Å²) in [6.07, 6.45) is 2.88. The maximum absolute atomic E-state index is 10.6. The molecular formula is C8H14O2. The average molecular weight is 142 g/mol. The summed E-state index contributed by atoms with van der Waals surface area (Å²) in [4.78, 5) is 10.6. The molecule has 2 heteroatoms. The molecular weight excluding hydrogens is 128 g/mol. The lowest BCUT2D eigenvalue weighted by molar-refractivity contribution is -0.130. The summed E-state index contributed by atoms with van der Waals surface area (Å²) in [5.74, 6) is 0.312. The molecule has 1 fully saturated rings. The monoisotopic (exact) mass is 142 g/mol. The third-order valence-electron chi connectivity index (χ3n) is 2.26. The summed E-state index contributed by atoms with van der Waals surface area (Å²) in [5, 5.41) is 0. The Morgan fingerprint density at radius 3 is 2.50 bits per heavy atom. The molecule has 1 aliphatic rings. The first-order valence-corrected chi connectivity index (χ1v) is 3.81. The Morgan fingerprint density at radius 1 is 1.60 bits per heavy atom. The predicted molar refractivity (Wildman–Crippen MR) is 38.8 cm³/mol. The number of aldehydes is 1. The van der Waals surface area contributed by atoms with Crippen LogP contribution in [0.4, 0.5) is 0 Å². The topological polar surface area (TPSA) is 26.3 Å². The maximum Gasteiger partial charge on any atom is 0.152 e. The molecule has 1 atom stereocenters. The van der Waals surface area contributed by atoms with Crippen LogP contribution in [0.5, 0.6) is 0 Å². The van der Waals surface area contributed by atoms with E-state index in [4.69, 9.17) is 4.74 Å². The van der Waals surface area contributed by atoms with Gasteiger partial charge in [0.05, 0.1) is 0 Å². The summed E-state index contributed by atoms with van der Waals surface area (Å²) in [6, 6.07) is 0. The fourth-order valence-corrected chi connectivity index (χ4v) is 1.37. The van der Waals surface area contributed by atoms with Crippen molar-refractivity contribution in [1.29, 1.82) is 0 Å². The average Bonchev–Trinajstić information content (AvgIpc) is 2.35. The van der Waals surface area contributed by atoms with E-state index in [9.17, 15) is 4.79 Å². The highest BCUT2D eigenvalue weighted by Crippen LogP contribution is 2.30. The molecule has 0 amide bonds. The molecule has 0 radical (unpaired) electrons. The highest BCUT2D eigenvalue weighted by Gasteiger charge is 2.37. The van der Waals surface area contributed by atoms with Crippen molar-refractivity contribution >= 4 is 6.29 Å². The molecule has 0 saturated carbocycles. The number of hydrogen-bond acceptors (Lipinski definition) is 2. The summed E-state index contributed by atoms with van der Waals surface area (Å²) < 4.78 is 5.38. The Labute approximate surface area is 61.6 Å². The predicted octanol–water partition coefficient (Wildman–Crippen LogP) is 1.39. The lowest BCUT2D eigenvalue weighted by Crippen LogP contribution is -2.35. The Bertz CT molecular complexity index is 123. The first kappa shape index (κ1) is 7.73. The van der Waals surface area contributed by atoms with Crippen LogP contribution in [-0.2, 0) is 9.53 Å². The molecule has 58 valence electrons. The third-order valence-corrected chi connectivity index (χ3v) is 2.26. The first-order valence-electron chi connectivity index (χ1n) is 3.81. The molecule has 1 rings (SSSR count). The minimum absolute atomic E-state index is 0.312. The molecule has 1 unspecified atom stereocenters. The van der Waals surface area contributed by atoms with Crippen molar-refractivity contribution in [3.8, 4) is 0 Å². The van der Waals surface area contributed by atoms with E-state index < -0.39 is 5.60 Å². The van der Waals surface area contributed by atoms with Gasteiger partial charge >= 0.3 is 0 Å². The van der Waals surface area contributed by atoms with Crippen molar-refractivity contribution in [2.45, 2.75) is 32.3 Å². The molecule has 2 nitrogen and oxygen atoms in total. The van der Waals surface area contributed by atoms with Gasteiger partial charge in [-0.3, -0.25) is 0 Å². The van der Waals surface area contributed by atoms with Crippen molar-refractivity contribution < 1.29 is 9.53 Å². The Kier molecular flexibility index (Phi) is 2.09.